The van der Waals surface area contributed by atoms with E-state index in [0.29, 0.717) is 0 Å². The molecule has 1 N–H and O–H groups in total. The predicted molar refractivity (Wildman–Crippen MR) is 47.6 cm³/mol. The third-order valence-electron chi connectivity index (χ3n) is 1.61. The van der Waals surface area contributed by atoms with E-state index in [1.807, 2.05) is 0 Å². The fraction of sp³-hybridized carbons (Fsp3) is 0. The molecular weight excluding hydrogens is 204 g/mol. The van der Waals surface area contributed by atoms with Gasteiger partial charge in [0.15, 0.2) is 0 Å². The molecule has 0 unspecified atom stereocenters. The summed E-state index contributed by atoms with van der Waals surface area (Å²) >= 11 is 0. The summed E-state index contributed by atoms with van der Waals surface area (Å²) in [6.45, 7) is 0. The topological polar surface area (TPSA) is 61.1 Å². The zero-order valence-corrected chi connectivity index (χ0v) is 7.37. The van der Waals surface area contributed by atoms with Crippen LogP contribution in [0.3, 0.4) is 0 Å². The first-order chi connectivity index (χ1) is 7.04. The van der Waals surface area contributed by atoms with Crippen molar-refractivity contribution < 1.29 is 18.7 Å². The molecule has 0 fully saturated rings. The highest BCUT2D eigenvalue weighted by molar-refractivity contribution is 5.96. The Morgan fingerprint density at radius 1 is 1.47 bits per heavy atom. The van der Waals surface area contributed by atoms with Crippen molar-refractivity contribution in [1.29, 1.82) is 5.26 Å². The standard InChI is InChI=1S/C10H5F2NO2/c11-8-1-2-9(12)6(4-8)3-7(5-13)10(14)15/h1-4H,(H,14,15)/b7-3+. The number of nitrogens with zero attached hydrogens (tertiary/aromatic N) is 1. The van der Waals surface area contributed by atoms with Crippen molar-refractivity contribution in [2.75, 3.05) is 0 Å². The summed E-state index contributed by atoms with van der Waals surface area (Å²) in [5.41, 5.74) is -0.923. The highest BCUT2D eigenvalue weighted by atomic mass is 19.1. The number of carbonyl (C=O) groups is 1. The number of aliphatic carboxylic acids is 1. The first-order valence-electron chi connectivity index (χ1n) is 3.84. The Morgan fingerprint density at radius 3 is 2.67 bits per heavy atom. The van der Waals surface area contributed by atoms with Crippen molar-refractivity contribution in [3.63, 3.8) is 0 Å². The molecule has 1 rings (SSSR count). The smallest absolute Gasteiger partial charge is 0.346 e. The van der Waals surface area contributed by atoms with Gasteiger partial charge in [-0.15, -0.1) is 0 Å². The van der Waals surface area contributed by atoms with E-state index in [9.17, 15) is 13.6 Å². The molecule has 0 aromatic heterocycles. The Kier molecular flexibility index (Phi) is 3.13. The molecular formula is C10H5F2NO2. The summed E-state index contributed by atoms with van der Waals surface area (Å²) in [6, 6.07) is 3.95. The Balaban J connectivity index is 3.23. The molecule has 0 saturated heterocycles. The van der Waals surface area contributed by atoms with E-state index in [4.69, 9.17) is 10.4 Å². The van der Waals surface area contributed by atoms with Gasteiger partial charge in [0.25, 0.3) is 0 Å². The van der Waals surface area contributed by atoms with Crippen molar-refractivity contribution in [1.82, 2.24) is 0 Å². The summed E-state index contributed by atoms with van der Waals surface area (Å²) in [7, 11) is 0. The van der Waals surface area contributed by atoms with Crippen LogP contribution in [-0.4, -0.2) is 11.1 Å². The van der Waals surface area contributed by atoms with Crippen LogP contribution in [0, 0.1) is 23.0 Å². The van der Waals surface area contributed by atoms with E-state index in [1.165, 1.54) is 6.07 Å². The lowest BCUT2D eigenvalue weighted by Gasteiger charge is -1.97. The summed E-state index contributed by atoms with van der Waals surface area (Å²) in [6.07, 6.45) is 0.779. The molecule has 5 heteroatoms. The molecule has 0 atom stereocenters. The van der Waals surface area contributed by atoms with Gasteiger partial charge in [-0.3, -0.25) is 0 Å². The average Bonchev–Trinajstić information content (AvgIpc) is 2.18. The first kappa shape index (κ1) is 10.9. The molecule has 0 aliphatic carbocycles. The molecule has 0 bridgehead atoms. The molecule has 0 radical (unpaired) electrons. The van der Waals surface area contributed by atoms with Gasteiger partial charge >= 0.3 is 5.97 Å². The SMILES string of the molecule is N#C/C(=C\c1cc(F)ccc1F)C(=O)O. The van der Waals surface area contributed by atoms with Gasteiger partial charge in [0, 0.05) is 5.56 Å². The number of carboxylic acid groups (broad SMARTS) is 1. The van der Waals surface area contributed by atoms with E-state index in [2.05, 4.69) is 0 Å². The van der Waals surface area contributed by atoms with Gasteiger partial charge in [0.05, 0.1) is 0 Å². The number of benzene rings is 1. The minimum absolute atomic E-state index is 0.269. The molecule has 15 heavy (non-hydrogen) atoms. The molecule has 0 saturated carbocycles. The van der Waals surface area contributed by atoms with Gasteiger partial charge in [-0.05, 0) is 24.3 Å². The van der Waals surface area contributed by atoms with Crippen molar-refractivity contribution in [2.45, 2.75) is 0 Å². The van der Waals surface area contributed by atoms with E-state index in [0.717, 1.165) is 24.3 Å². The minimum Gasteiger partial charge on any atom is -0.477 e. The molecule has 0 spiro atoms. The van der Waals surface area contributed by atoms with Crippen LogP contribution < -0.4 is 0 Å². The molecule has 0 aliphatic heterocycles. The van der Waals surface area contributed by atoms with Crippen molar-refractivity contribution >= 4 is 12.0 Å². The van der Waals surface area contributed by atoms with Crippen LogP contribution in [0.1, 0.15) is 5.56 Å². The quantitative estimate of drug-likeness (QED) is 0.598. The van der Waals surface area contributed by atoms with Gasteiger partial charge < -0.3 is 5.11 Å². The minimum atomic E-state index is -1.49. The maximum atomic E-state index is 13.0. The van der Waals surface area contributed by atoms with Crippen LogP contribution in [0.15, 0.2) is 23.8 Å². The molecule has 1 aromatic carbocycles. The highest BCUT2D eigenvalue weighted by Crippen LogP contribution is 2.13. The third kappa shape index (κ3) is 2.61. The highest BCUT2D eigenvalue weighted by Gasteiger charge is 2.08. The number of hydrogen-bond acceptors (Lipinski definition) is 2. The number of hydrogen-bond donors (Lipinski definition) is 1. The lowest BCUT2D eigenvalue weighted by molar-refractivity contribution is -0.132. The Bertz CT molecular complexity index is 475. The number of nitriles is 1. The van der Waals surface area contributed by atoms with Crippen molar-refractivity contribution in [3.05, 3.63) is 41.0 Å². The number of halogens is 2. The summed E-state index contributed by atoms with van der Waals surface area (Å²) in [5, 5.41) is 16.9. The van der Waals surface area contributed by atoms with E-state index < -0.39 is 23.2 Å². The molecule has 76 valence electrons. The molecule has 3 nitrogen and oxygen atoms in total. The first-order valence-corrected chi connectivity index (χ1v) is 3.84. The van der Waals surface area contributed by atoms with Gasteiger partial charge in [-0.1, -0.05) is 0 Å². The van der Waals surface area contributed by atoms with Crippen LogP contribution in [-0.2, 0) is 4.79 Å². The second-order valence-corrected chi connectivity index (χ2v) is 2.64. The zero-order chi connectivity index (χ0) is 11.4. The van der Waals surface area contributed by atoms with Crippen LogP contribution >= 0.6 is 0 Å². The summed E-state index contributed by atoms with van der Waals surface area (Å²) in [4.78, 5) is 10.4. The van der Waals surface area contributed by atoms with E-state index in [-0.39, 0.29) is 5.56 Å². The normalized spacial score (nSPS) is 10.9. The van der Waals surface area contributed by atoms with Crippen molar-refractivity contribution in [2.24, 2.45) is 0 Å². The van der Waals surface area contributed by atoms with Crippen LogP contribution in [0.5, 0.6) is 0 Å². The second kappa shape index (κ2) is 4.33. The van der Waals surface area contributed by atoms with Crippen molar-refractivity contribution in [3.8, 4) is 6.07 Å². The number of rotatable bonds is 2. The third-order valence-corrected chi connectivity index (χ3v) is 1.61. The Hall–Kier alpha value is -2.22. The maximum absolute atomic E-state index is 13.0. The summed E-state index contributed by atoms with van der Waals surface area (Å²) < 4.78 is 25.7. The van der Waals surface area contributed by atoms with Gasteiger partial charge in [-0.25, -0.2) is 13.6 Å². The van der Waals surface area contributed by atoms with Gasteiger partial charge in [0.2, 0.25) is 0 Å². The second-order valence-electron chi connectivity index (χ2n) is 2.64. The molecule has 1 aromatic rings. The van der Waals surface area contributed by atoms with Gasteiger partial charge in [0.1, 0.15) is 23.3 Å². The lowest BCUT2D eigenvalue weighted by Crippen LogP contribution is -1.98. The Labute approximate surface area is 83.9 Å². The molecule has 0 aliphatic rings. The lowest BCUT2D eigenvalue weighted by atomic mass is 10.1. The summed E-state index contributed by atoms with van der Waals surface area (Å²) in [5.74, 6) is -2.98. The largest absolute Gasteiger partial charge is 0.477 e. The number of carboxylic acids is 1. The van der Waals surface area contributed by atoms with Crippen LogP contribution in [0.2, 0.25) is 0 Å². The molecule has 0 heterocycles. The molecule has 0 amide bonds. The fourth-order valence-corrected chi connectivity index (χ4v) is 0.923. The Morgan fingerprint density at radius 2 is 2.13 bits per heavy atom. The van der Waals surface area contributed by atoms with E-state index >= 15 is 0 Å². The average molecular weight is 209 g/mol. The predicted octanol–water partition coefficient (Wildman–Crippen LogP) is 1.96. The zero-order valence-electron chi connectivity index (χ0n) is 7.37. The van der Waals surface area contributed by atoms with Gasteiger partial charge in [-0.2, -0.15) is 5.26 Å². The monoisotopic (exact) mass is 209 g/mol. The van der Waals surface area contributed by atoms with Crippen LogP contribution in [0.4, 0.5) is 8.78 Å². The van der Waals surface area contributed by atoms with E-state index in [1.54, 1.807) is 0 Å². The van der Waals surface area contributed by atoms with Crippen LogP contribution in [0.25, 0.3) is 6.08 Å². The fourth-order valence-electron chi connectivity index (χ4n) is 0.923. The maximum Gasteiger partial charge on any atom is 0.346 e.